The number of Topliss-reactive ketones (excluding diaryl/α,β-unsaturated/α-hetero) is 1. The van der Waals surface area contributed by atoms with E-state index in [1.807, 2.05) is 67.6 Å². The molecule has 3 atom stereocenters. The van der Waals surface area contributed by atoms with Gasteiger partial charge in [-0.1, -0.05) is 78.4 Å². The molecule has 1 aliphatic heterocycles. The fourth-order valence-electron chi connectivity index (χ4n) is 6.90. The lowest BCUT2D eigenvalue weighted by molar-refractivity contribution is -0.122. The number of imide groups is 1. The first-order valence-corrected chi connectivity index (χ1v) is 14.7. The molecule has 43 heavy (non-hydrogen) atoms. The number of halogens is 2. The molecule has 8 heteroatoms. The highest BCUT2D eigenvalue weighted by molar-refractivity contribution is 6.38. The van der Waals surface area contributed by atoms with Gasteiger partial charge in [0.1, 0.15) is 9.75 Å². The maximum Gasteiger partial charge on any atom is 0.338 e. The van der Waals surface area contributed by atoms with Crippen LogP contribution in [0.5, 0.6) is 0 Å². The van der Waals surface area contributed by atoms with Gasteiger partial charge in [0.05, 0.1) is 23.1 Å². The average Bonchev–Trinajstić information content (AvgIpc) is 3.30. The molecule has 2 bridgehead atoms. The molecule has 0 radical (unpaired) electrons. The highest BCUT2D eigenvalue weighted by Crippen LogP contribution is 2.69. The SMILES string of the molecule is Cc1ccc(C(=O)[C@H](C)OC(=O)c2ccc(N3C(=O)[C@H]4[C@H](C3=O)C3(Cl)c5ccccc5C4(Cl)c4ccccc43)cc2)cc1. The molecular formula is C35H25Cl2NO5. The molecule has 8 rings (SSSR count). The number of aryl methyl sites for hydroxylation is 1. The van der Waals surface area contributed by atoms with Gasteiger partial charge >= 0.3 is 5.97 Å². The highest BCUT2D eigenvalue weighted by atomic mass is 35.5. The number of ether oxygens (including phenoxy) is 1. The molecule has 0 saturated carbocycles. The maximum absolute atomic E-state index is 14.1. The normalized spacial score (nSPS) is 25.5. The molecule has 0 spiro atoms. The Bertz CT molecular complexity index is 1730. The highest BCUT2D eigenvalue weighted by Gasteiger charge is 2.73. The number of hydrogen-bond acceptors (Lipinski definition) is 5. The van der Waals surface area contributed by atoms with Gasteiger partial charge in [0.25, 0.3) is 0 Å². The summed E-state index contributed by atoms with van der Waals surface area (Å²) < 4.78 is 5.43. The minimum Gasteiger partial charge on any atom is -0.451 e. The Morgan fingerprint density at radius 1 is 0.698 bits per heavy atom. The number of carbonyl (C=O) groups excluding carboxylic acids is 4. The Kier molecular flexibility index (Phi) is 6.17. The zero-order valence-corrected chi connectivity index (χ0v) is 24.7. The molecule has 3 aliphatic carbocycles. The summed E-state index contributed by atoms with van der Waals surface area (Å²) in [4.78, 5) is 52.5. The summed E-state index contributed by atoms with van der Waals surface area (Å²) in [6, 6.07) is 27.9. The van der Waals surface area contributed by atoms with E-state index in [2.05, 4.69) is 0 Å². The fourth-order valence-corrected chi connectivity index (χ4v) is 8.00. The zero-order chi connectivity index (χ0) is 30.3. The van der Waals surface area contributed by atoms with Crippen molar-refractivity contribution in [2.75, 3.05) is 4.90 Å². The van der Waals surface area contributed by atoms with Crippen molar-refractivity contribution in [1.82, 2.24) is 0 Å². The van der Waals surface area contributed by atoms with Gasteiger partial charge in [0, 0.05) is 5.56 Å². The van der Waals surface area contributed by atoms with Crippen LogP contribution in [0.15, 0.2) is 97.1 Å². The second kappa shape index (κ2) is 9.63. The van der Waals surface area contributed by atoms with Crippen LogP contribution in [-0.2, 0) is 24.1 Å². The number of rotatable bonds is 5. The lowest BCUT2D eigenvalue weighted by Crippen LogP contribution is -2.57. The predicted molar refractivity (Wildman–Crippen MR) is 162 cm³/mol. The first-order valence-electron chi connectivity index (χ1n) is 14.0. The van der Waals surface area contributed by atoms with Crippen molar-refractivity contribution >= 4 is 52.5 Å². The molecule has 1 saturated heterocycles. The van der Waals surface area contributed by atoms with Crippen molar-refractivity contribution in [3.05, 3.63) is 136 Å². The van der Waals surface area contributed by atoms with Crippen LogP contribution in [0.2, 0.25) is 0 Å². The van der Waals surface area contributed by atoms with E-state index in [0.717, 1.165) is 32.7 Å². The molecule has 0 N–H and O–H groups in total. The van der Waals surface area contributed by atoms with Crippen molar-refractivity contribution in [2.45, 2.75) is 29.7 Å². The standard InChI is InChI=1S/C35H25Cl2NO5/c1-19-11-13-21(14-12-19)30(39)20(2)43-33(42)22-15-17-23(18-16-22)38-31(40)28-29(32(38)41)35(37)25-8-4-3-7-24(25)34(28,36)26-9-5-6-10-27(26)35/h3-18,20,28-29H,1-2H3/t20-,28+,29+,34?,35?/m0/s1. The number of alkyl halides is 2. The third-order valence-corrected chi connectivity index (χ3v) is 10.2. The first-order chi connectivity index (χ1) is 20.6. The van der Waals surface area contributed by atoms with Gasteiger partial charge in [-0.2, -0.15) is 0 Å². The van der Waals surface area contributed by atoms with Crippen LogP contribution in [0.3, 0.4) is 0 Å². The van der Waals surface area contributed by atoms with Crippen LogP contribution >= 0.6 is 23.2 Å². The molecule has 4 aromatic rings. The third kappa shape index (κ3) is 3.73. The van der Waals surface area contributed by atoms with E-state index < -0.39 is 45.5 Å². The van der Waals surface area contributed by atoms with Crippen LogP contribution in [0, 0.1) is 18.8 Å². The first kappa shape index (κ1) is 27.6. The van der Waals surface area contributed by atoms with Crippen LogP contribution in [0.1, 0.15) is 55.5 Å². The summed E-state index contributed by atoms with van der Waals surface area (Å²) in [5.41, 5.74) is 4.82. The van der Waals surface area contributed by atoms with E-state index >= 15 is 0 Å². The molecule has 4 aromatic carbocycles. The lowest BCUT2D eigenvalue weighted by atomic mass is 9.54. The summed E-state index contributed by atoms with van der Waals surface area (Å²) in [7, 11) is 0. The Morgan fingerprint density at radius 2 is 1.12 bits per heavy atom. The van der Waals surface area contributed by atoms with Gasteiger partial charge in [-0.05, 0) is 60.4 Å². The van der Waals surface area contributed by atoms with E-state index in [1.54, 1.807) is 12.1 Å². The van der Waals surface area contributed by atoms with E-state index in [4.69, 9.17) is 27.9 Å². The number of carbonyl (C=O) groups is 4. The van der Waals surface area contributed by atoms with Gasteiger partial charge < -0.3 is 4.74 Å². The molecule has 214 valence electrons. The Labute approximate surface area is 258 Å². The number of hydrogen-bond donors (Lipinski definition) is 0. The van der Waals surface area contributed by atoms with Crippen LogP contribution in [-0.4, -0.2) is 29.7 Å². The molecule has 1 heterocycles. The van der Waals surface area contributed by atoms with Gasteiger partial charge in [-0.15, -0.1) is 23.2 Å². The van der Waals surface area contributed by atoms with Crippen molar-refractivity contribution in [3.63, 3.8) is 0 Å². The fraction of sp³-hybridized carbons (Fsp3) is 0.200. The summed E-state index contributed by atoms with van der Waals surface area (Å²) >= 11 is 15.0. The monoisotopic (exact) mass is 609 g/mol. The molecule has 6 nitrogen and oxygen atoms in total. The molecule has 0 aromatic heterocycles. The predicted octanol–water partition coefficient (Wildman–Crippen LogP) is 6.52. The van der Waals surface area contributed by atoms with Crippen LogP contribution in [0.4, 0.5) is 5.69 Å². The van der Waals surface area contributed by atoms with Gasteiger partial charge in [-0.3, -0.25) is 14.4 Å². The third-order valence-electron chi connectivity index (χ3n) is 8.94. The number of nitrogens with zero attached hydrogens (tertiary/aromatic N) is 1. The second-order valence-corrected chi connectivity index (χ2v) is 12.5. The van der Waals surface area contributed by atoms with Crippen LogP contribution < -0.4 is 4.90 Å². The van der Waals surface area contributed by atoms with E-state index in [9.17, 15) is 19.2 Å². The van der Waals surface area contributed by atoms with Crippen LogP contribution in [0.25, 0.3) is 0 Å². The second-order valence-electron chi connectivity index (χ2n) is 11.3. The quantitative estimate of drug-likeness (QED) is 0.111. The lowest BCUT2D eigenvalue weighted by Gasteiger charge is -2.54. The van der Waals surface area contributed by atoms with Gasteiger partial charge in [0.2, 0.25) is 17.6 Å². The Morgan fingerprint density at radius 3 is 1.56 bits per heavy atom. The van der Waals surface area contributed by atoms with Crippen molar-refractivity contribution in [2.24, 2.45) is 11.8 Å². The molecule has 4 aliphatic rings. The van der Waals surface area contributed by atoms with E-state index in [0.29, 0.717) is 5.56 Å². The number of ketones is 1. The van der Waals surface area contributed by atoms with Crippen molar-refractivity contribution in [3.8, 4) is 0 Å². The van der Waals surface area contributed by atoms with Gasteiger partial charge in [-0.25, -0.2) is 9.69 Å². The minimum atomic E-state index is -1.28. The largest absolute Gasteiger partial charge is 0.451 e. The molecule has 2 amide bonds. The number of anilines is 1. The summed E-state index contributed by atoms with van der Waals surface area (Å²) in [6.07, 6.45) is -1.00. The summed E-state index contributed by atoms with van der Waals surface area (Å²) in [5, 5.41) is 0. The Hall–Kier alpha value is -4.26. The molecule has 0 unspecified atom stereocenters. The Balaban J connectivity index is 1.19. The van der Waals surface area contributed by atoms with E-state index in [-0.39, 0.29) is 17.0 Å². The summed E-state index contributed by atoms with van der Waals surface area (Å²) in [5.74, 6) is -3.78. The number of benzene rings is 4. The minimum absolute atomic E-state index is 0.173. The maximum atomic E-state index is 14.1. The molecule has 1 fully saturated rings. The smallest absolute Gasteiger partial charge is 0.338 e. The topological polar surface area (TPSA) is 80.8 Å². The van der Waals surface area contributed by atoms with Crippen molar-refractivity contribution in [1.29, 1.82) is 0 Å². The average molecular weight is 610 g/mol. The van der Waals surface area contributed by atoms with Crippen molar-refractivity contribution < 1.29 is 23.9 Å². The summed E-state index contributed by atoms with van der Waals surface area (Å²) in [6.45, 7) is 3.44. The van der Waals surface area contributed by atoms with Gasteiger partial charge in [0.15, 0.2) is 6.10 Å². The molecular weight excluding hydrogens is 585 g/mol. The number of esters is 1. The van der Waals surface area contributed by atoms with E-state index in [1.165, 1.54) is 31.2 Å². The number of amides is 2. The zero-order valence-electron chi connectivity index (χ0n) is 23.2.